The molecule has 0 radical (unpaired) electrons. The van der Waals surface area contributed by atoms with Crippen LogP contribution >= 0.6 is 0 Å². The smallest absolute Gasteiger partial charge is 0.196 e. The van der Waals surface area contributed by atoms with Gasteiger partial charge >= 0.3 is 0 Å². The second-order valence-electron chi connectivity index (χ2n) is 11.3. The minimum atomic E-state index is -1.13. The molecule has 0 saturated carbocycles. The van der Waals surface area contributed by atoms with E-state index in [0.717, 1.165) is 50.5 Å². The van der Waals surface area contributed by atoms with Gasteiger partial charge in [0.1, 0.15) is 5.75 Å². The number of anilines is 1. The molecule has 4 nitrogen and oxygen atoms in total. The van der Waals surface area contributed by atoms with E-state index in [4.69, 9.17) is 9.84 Å². The first kappa shape index (κ1) is 26.7. The number of para-hydroxylation sites is 1. The number of hydrazone groups is 1. The number of hydrogen-bond donors (Lipinski definition) is 0. The van der Waals surface area contributed by atoms with E-state index < -0.39 is 5.54 Å². The van der Waals surface area contributed by atoms with Crippen molar-refractivity contribution in [2.24, 2.45) is 5.10 Å². The van der Waals surface area contributed by atoms with E-state index in [9.17, 15) is 0 Å². The molecule has 1 aliphatic carbocycles. The Labute approximate surface area is 252 Å². The van der Waals surface area contributed by atoms with Gasteiger partial charge in [-0.25, -0.2) is 5.01 Å². The first-order valence-electron chi connectivity index (χ1n) is 14.6. The van der Waals surface area contributed by atoms with Crippen LogP contribution in [0.4, 0.5) is 5.69 Å². The molecule has 0 fully saturated rings. The van der Waals surface area contributed by atoms with Gasteiger partial charge in [0.15, 0.2) is 11.3 Å². The first-order chi connectivity index (χ1) is 21.0. The molecule has 0 saturated heterocycles. The van der Waals surface area contributed by atoms with Crippen molar-refractivity contribution in [2.75, 3.05) is 12.1 Å². The molecule has 0 N–H and O–H groups in total. The fourth-order valence-electron chi connectivity index (χ4n) is 6.51. The lowest BCUT2D eigenvalue weighted by Crippen LogP contribution is -2.49. The van der Waals surface area contributed by atoms with Crippen LogP contribution in [0.3, 0.4) is 0 Å². The zero-order valence-electron chi connectivity index (χ0n) is 24.5. The van der Waals surface area contributed by atoms with Crippen molar-refractivity contribution < 1.29 is 9.53 Å². The van der Waals surface area contributed by atoms with Gasteiger partial charge in [-0.15, -0.1) is 0 Å². The van der Waals surface area contributed by atoms with Crippen LogP contribution in [0.25, 0.3) is 11.6 Å². The quantitative estimate of drug-likeness (QED) is 0.203. The van der Waals surface area contributed by atoms with E-state index in [0.29, 0.717) is 5.57 Å². The van der Waals surface area contributed by atoms with Gasteiger partial charge in [-0.3, -0.25) is 4.79 Å². The molecule has 210 valence electrons. The molecule has 5 aromatic rings. The zero-order valence-corrected chi connectivity index (χ0v) is 24.5. The number of ketones is 1. The third-order valence-electron chi connectivity index (χ3n) is 8.64. The fraction of sp³-hybridized carbons (Fsp3) is 0.128. The molecule has 1 aliphatic heterocycles. The minimum absolute atomic E-state index is 0.0379. The number of fused-ring (bicyclic) bond motifs is 2. The lowest BCUT2D eigenvalue weighted by Gasteiger charge is -2.38. The maximum atomic E-state index is 15.4. The molecule has 43 heavy (non-hydrogen) atoms. The number of methoxy groups -OCH3 is 1. The molecular formula is C39H32N2O2. The Kier molecular flexibility index (Phi) is 6.55. The molecule has 1 spiro atoms. The highest BCUT2D eigenvalue weighted by Crippen LogP contribution is 2.58. The monoisotopic (exact) mass is 560 g/mol. The van der Waals surface area contributed by atoms with Crippen molar-refractivity contribution in [1.82, 2.24) is 0 Å². The van der Waals surface area contributed by atoms with Gasteiger partial charge < -0.3 is 4.74 Å². The minimum Gasteiger partial charge on any atom is -0.497 e. The molecule has 2 aliphatic rings. The summed E-state index contributed by atoms with van der Waals surface area (Å²) in [5.74, 6) is 0.435. The molecule has 7 rings (SSSR count). The van der Waals surface area contributed by atoms with Crippen LogP contribution in [0.5, 0.6) is 5.75 Å². The molecule has 0 bridgehead atoms. The van der Waals surface area contributed by atoms with Crippen molar-refractivity contribution in [1.29, 1.82) is 0 Å². The number of carbonyl (C=O) groups is 1. The highest BCUT2D eigenvalue weighted by atomic mass is 16.5. The van der Waals surface area contributed by atoms with E-state index >= 15 is 4.79 Å². The summed E-state index contributed by atoms with van der Waals surface area (Å²) in [6.07, 6.45) is 2.04. The summed E-state index contributed by atoms with van der Waals surface area (Å²) in [5.41, 5.74) is 8.51. The molecule has 2 atom stereocenters. The normalized spacial score (nSPS) is 20.0. The summed E-state index contributed by atoms with van der Waals surface area (Å²) >= 11 is 0. The van der Waals surface area contributed by atoms with Crippen LogP contribution in [0.15, 0.2) is 132 Å². The van der Waals surface area contributed by atoms with E-state index in [1.54, 1.807) is 7.11 Å². The summed E-state index contributed by atoms with van der Waals surface area (Å²) in [6.45, 7) is 4.16. The predicted octanol–water partition coefficient (Wildman–Crippen LogP) is 8.34. The average Bonchev–Trinajstić information content (AvgIpc) is 3.53. The van der Waals surface area contributed by atoms with E-state index in [2.05, 4.69) is 74.5 Å². The van der Waals surface area contributed by atoms with Crippen LogP contribution in [-0.4, -0.2) is 18.6 Å². The Hall–Kier alpha value is -5.22. The topological polar surface area (TPSA) is 41.9 Å². The van der Waals surface area contributed by atoms with Gasteiger partial charge in [0.05, 0.1) is 24.4 Å². The van der Waals surface area contributed by atoms with Crippen LogP contribution in [0.1, 0.15) is 44.9 Å². The van der Waals surface area contributed by atoms with E-state index in [1.807, 2.05) is 77.8 Å². The predicted molar refractivity (Wildman–Crippen MR) is 175 cm³/mol. The summed E-state index contributed by atoms with van der Waals surface area (Å²) in [5, 5.41) is 7.34. The fourth-order valence-corrected chi connectivity index (χ4v) is 6.51. The second kappa shape index (κ2) is 10.6. The Balaban J connectivity index is 1.53. The molecule has 0 unspecified atom stereocenters. The van der Waals surface area contributed by atoms with Crippen molar-refractivity contribution in [2.45, 2.75) is 25.3 Å². The van der Waals surface area contributed by atoms with Crippen molar-refractivity contribution in [3.8, 4) is 5.75 Å². The summed E-state index contributed by atoms with van der Waals surface area (Å²) < 4.78 is 5.47. The van der Waals surface area contributed by atoms with Crippen molar-refractivity contribution in [3.05, 3.63) is 166 Å². The number of ether oxygens (including phenoxy) is 1. The first-order valence-corrected chi connectivity index (χ1v) is 14.6. The van der Waals surface area contributed by atoms with E-state index in [1.165, 1.54) is 5.56 Å². The Morgan fingerprint density at radius 1 is 0.744 bits per heavy atom. The van der Waals surface area contributed by atoms with Gasteiger partial charge in [-0.2, -0.15) is 5.10 Å². The number of aryl methyl sites for hydroxylation is 2. The molecular weight excluding hydrogens is 528 g/mol. The lowest BCUT2D eigenvalue weighted by atomic mass is 9.71. The zero-order chi connectivity index (χ0) is 29.6. The maximum absolute atomic E-state index is 15.4. The summed E-state index contributed by atoms with van der Waals surface area (Å²) in [4.78, 5) is 15.4. The Morgan fingerprint density at radius 3 is 2.05 bits per heavy atom. The van der Waals surface area contributed by atoms with Crippen LogP contribution in [-0.2, 0) is 10.3 Å². The number of Topliss-reactive ketones (excluding diaryl/α,β-unsaturated/α-hetero) is 1. The summed E-state index contributed by atoms with van der Waals surface area (Å²) in [6, 6.07) is 43.1. The lowest BCUT2D eigenvalue weighted by molar-refractivity contribution is -0.118. The van der Waals surface area contributed by atoms with Gasteiger partial charge in [-0.05, 0) is 84.1 Å². The SMILES string of the molecule is COc1ccc(C2=NN(c3ccccc3)[C@]3(C(=O)/C(=C/c4ccc(C)cc4)c4ccccc43)[C@H]2c2ccc(C)cc2)cc1. The average molecular weight is 561 g/mol. The third-order valence-corrected chi connectivity index (χ3v) is 8.64. The highest BCUT2D eigenvalue weighted by Gasteiger charge is 2.63. The molecule has 0 aromatic heterocycles. The van der Waals surface area contributed by atoms with Crippen LogP contribution in [0, 0.1) is 13.8 Å². The number of benzene rings is 5. The molecule has 4 heteroatoms. The molecule has 1 heterocycles. The van der Waals surface area contributed by atoms with Crippen LogP contribution < -0.4 is 9.75 Å². The van der Waals surface area contributed by atoms with Gasteiger partial charge in [0.25, 0.3) is 0 Å². The van der Waals surface area contributed by atoms with Gasteiger partial charge in [0.2, 0.25) is 0 Å². The molecule has 5 aromatic carbocycles. The van der Waals surface area contributed by atoms with Crippen molar-refractivity contribution >= 4 is 28.8 Å². The van der Waals surface area contributed by atoms with Crippen LogP contribution in [0.2, 0.25) is 0 Å². The number of carbonyl (C=O) groups excluding carboxylic acids is 1. The largest absolute Gasteiger partial charge is 0.497 e. The standard InChI is InChI=1S/C39H32N2O2/c1-26-13-17-28(18-14-26)25-34-33-11-7-8-12-35(33)39(38(34)42)36(29-19-15-27(2)16-20-29)37(30-21-23-32(43-3)24-22-30)40-41(39)31-9-5-4-6-10-31/h4-25,36H,1-3H3/b34-25+/t36-,39-/m0/s1. The Morgan fingerprint density at radius 2 is 1.37 bits per heavy atom. The molecule has 0 amide bonds. The summed E-state index contributed by atoms with van der Waals surface area (Å²) in [7, 11) is 1.67. The number of nitrogens with zero attached hydrogens (tertiary/aromatic N) is 2. The second-order valence-corrected chi connectivity index (χ2v) is 11.3. The van der Waals surface area contributed by atoms with Gasteiger partial charge in [-0.1, -0.05) is 102 Å². The maximum Gasteiger partial charge on any atom is 0.196 e. The number of hydrogen-bond acceptors (Lipinski definition) is 4. The van der Waals surface area contributed by atoms with E-state index in [-0.39, 0.29) is 11.7 Å². The third kappa shape index (κ3) is 4.29. The Bertz CT molecular complexity index is 1870. The van der Waals surface area contributed by atoms with Gasteiger partial charge in [0, 0.05) is 5.57 Å². The van der Waals surface area contributed by atoms with Crippen molar-refractivity contribution in [3.63, 3.8) is 0 Å². The highest BCUT2D eigenvalue weighted by molar-refractivity contribution is 6.36. The number of rotatable bonds is 5.